The molecular formula is C19H19NO5. The maximum atomic E-state index is 12.1. The van der Waals surface area contributed by atoms with E-state index in [0.717, 1.165) is 5.56 Å². The minimum absolute atomic E-state index is 0.201. The molecular weight excluding hydrogens is 322 g/mol. The van der Waals surface area contributed by atoms with Gasteiger partial charge in [-0.25, -0.2) is 0 Å². The lowest BCUT2D eigenvalue weighted by atomic mass is 10.2. The molecule has 3 rings (SSSR count). The van der Waals surface area contributed by atoms with Crippen molar-refractivity contribution in [1.29, 1.82) is 0 Å². The van der Waals surface area contributed by atoms with Gasteiger partial charge >= 0.3 is 0 Å². The van der Waals surface area contributed by atoms with Crippen LogP contribution in [-0.4, -0.2) is 26.4 Å². The number of ether oxygens (including phenoxy) is 4. The van der Waals surface area contributed by atoms with E-state index in [2.05, 4.69) is 5.32 Å². The molecule has 0 aromatic heterocycles. The predicted octanol–water partition coefficient (Wildman–Crippen LogP) is 3.47. The van der Waals surface area contributed by atoms with Gasteiger partial charge in [0, 0.05) is 17.8 Å². The summed E-state index contributed by atoms with van der Waals surface area (Å²) >= 11 is 0. The van der Waals surface area contributed by atoms with Crippen molar-refractivity contribution >= 4 is 17.7 Å². The largest absolute Gasteiger partial charge is 0.493 e. The minimum Gasteiger partial charge on any atom is -0.493 e. The fraction of sp³-hybridized carbons (Fsp3) is 0.211. The maximum absolute atomic E-state index is 12.1. The summed E-state index contributed by atoms with van der Waals surface area (Å²) in [5, 5.41) is 2.78. The summed E-state index contributed by atoms with van der Waals surface area (Å²) < 4.78 is 21.3. The van der Waals surface area contributed by atoms with Crippen LogP contribution in [-0.2, 0) is 4.79 Å². The predicted molar refractivity (Wildman–Crippen MR) is 94.4 cm³/mol. The van der Waals surface area contributed by atoms with Gasteiger partial charge in [0.1, 0.15) is 0 Å². The lowest BCUT2D eigenvalue weighted by Gasteiger charge is -2.09. The zero-order chi connectivity index (χ0) is 17.6. The Morgan fingerprint density at radius 2 is 2.00 bits per heavy atom. The van der Waals surface area contributed by atoms with Gasteiger partial charge in [-0.1, -0.05) is 6.07 Å². The van der Waals surface area contributed by atoms with E-state index in [1.165, 1.54) is 6.08 Å². The van der Waals surface area contributed by atoms with Crippen molar-refractivity contribution in [3.8, 4) is 23.0 Å². The van der Waals surface area contributed by atoms with Crippen LogP contribution in [0.5, 0.6) is 23.0 Å². The van der Waals surface area contributed by atoms with Crippen LogP contribution >= 0.6 is 0 Å². The van der Waals surface area contributed by atoms with Crippen LogP contribution in [0.25, 0.3) is 6.08 Å². The molecule has 130 valence electrons. The SMILES string of the molecule is CCOc1ccc(/C=C/C(=O)Nc2ccc3c(c2)OCO3)cc1OC. The molecule has 0 aliphatic carbocycles. The highest BCUT2D eigenvalue weighted by atomic mass is 16.7. The summed E-state index contributed by atoms with van der Waals surface area (Å²) in [6.45, 7) is 2.67. The molecule has 0 atom stereocenters. The first-order chi connectivity index (χ1) is 12.2. The molecule has 1 aliphatic heterocycles. The average molecular weight is 341 g/mol. The summed E-state index contributed by atoms with van der Waals surface area (Å²) in [5.41, 5.74) is 1.48. The van der Waals surface area contributed by atoms with Crippen LogP contribution in [0.1, 0.15) is 12.5 Å². The molecule has 2 aromatic rings. The second-order valence-corrected chi connectivity index (χ2v) is 5.23. The molecule has 0 unspecified atom stereocenters. The molecule has 25 heavy (non-hydrogen) atoms. The first-order valence-electron chi connectivity index (χ1n) is 7.89. The first-order valence-corrected chi connectivity index (χ1v) is 7.89. The summed E-state index contributed by atoms with van der Waals surface area (Å²) in [5.74, 6) is 2.35. The number of hydrogen-bond donors (Lipinski definition) is 1. The van der Waals surface area contributed by atoms with E-state index in [-0.39, 0.29) is 12.7 Å². The summed E-state index contributed by atoms with van der Waals surface area (Å²) in [6, 6.07) is 10.7. The van der Waals surface area contributed by atoms with Gasteiger partial charge in [-0.2, -0.15) is 0 Å². The molecule has 0 radical (unpaired) electrons. The zero-order valence-electron chi connectivity index (χ0n) is 14.1. The Morgan fingerprint density at radius 1 is 1.16 bits per heavy atom. The van der Waals surface area contributed by atoms with Crippen LogP contribution < -0.4 is 24.3 Å². The van der Waals surface area contributed by atoms with E-state index >= 15 is 0 Å². The maximum Gasteiger partial charge on any atom is 0.248 e. The van der Waals surface area contributed by atoms with Crippen molar-refractivity contribution in [2.75, 3.05) is 25.8 Å². The number of fused-ring (bicyclic) bond motifs is 1. The van der Waals surface area contributed by atoms with Gasteiger partial charge in [-0.05, 0) is 42.8 Å². The Hall–Kier alpha value is -3.15. The molecule has 0 bridgehead atoms. The molecule has 1 N–H and O–H groups in total. The fourth-order valence-corrected chi connectivity index (χ4v) is 2.39. The van der Waals surface area contributed by atoms with E-state index in [4.69, 9.17) is 18.9 Å². The highest BCUT2D eigenvalue weighted by molar-refractivity contribution is 6.02. The second-order valence-electron chi connectivity index (χ2n) is 5.23. The topological polar surface area (TPSA) is 66.0 Å². The quantitative estimate of drug-likeness (QED) is 0.815. The molecule has 1 amide bonds. The van der Waals surface area contributed by atoms with Gasteiger partial charge in [0.2, 0.25) is 12.7 Å². The van der Waals surface area contributed by atoms with Crippen molar-refractivity contribution in [2.45, 2.75) is 6.92 Å². The summed E-state index contributed by atoms with van der Waals surface area (Å²) in [4.78, 5) is 12.1. The van der Waals surface area contributed by atoms with Crippen molar-refractivity contribution in [3.63, 3.8) is 0 Å². The van der Waals surface area contributed by atoms with E-state index in [1.54, 1.807) is 31.4 Å². The Labute approximate surface area is 146 Å². The van der Waals surface area contributed by atoms with Crippen LogP contribution in [0.3, 0.4) is 0 Å². The van der Waals surface area contributed by atoms with Crippen molar-refractivity contribution in [2.24, 2.45) is 0 Å². The minimum atomic E-state index is -0.244. The van der Waals surface area contributed by atoms with Gasteiger partial charge in [0.25, 0.3) is 0 Å². The zero-order valence-corrected chi connectivity index (χ0v) is 14.1. The third-order valence-corrected chi connectivity index (χ3v) is 3.55. The number of nitrogens with one attached hydrogen (secondary N) is 1. The number of benzene rings is 2. The van der Waals surface area contributed by atoms with Crippen LogP contribution in [0.15, 0.2) is 42.5 Å². The van der Waals surface area contributed by atoms with Crippen LogP contribution in [0.4, 0.5) is 5.69 Å². The van der Waals surface area contributed by atoms with Gasteiger partial charge in [0.05, 0.1) is 13.7 Å². The van der Waals surface area contributed by atoms with Gasteiger partial charge in [-0.15, -0.1) is 0 Å². The van der Waals surface area contributed by atoms with E-state index in [0.29, 0.717) is 35.3 Å². The molecule has 0 saturated carbocycles. The lowest BCUT2D eigenvalue weighted by Crippen LogP contribution is -2.07. The standard InChI is InChI=1S/C19H19NO5/c1-3-23-15-7-4-13(10-17(15)22-2)5-9-19(21)20-14-6-8-16-18(11-14)25-12-24-16/h4-11H,3,12H2,1-2H3,(H,20,21)/b9-5+. The molecule has 6 heteroatoms. The Bertz CT molecular complexity index is 800. The van der Waals surface area contributed by atoms with E-state index < -0.39 is 0 Å². The lowest BCUT2D eigenvalue weighted by molar-refractivity contribution is -0.111. The third kappa shape index (κ3) is 4.03. The van der Waals surface area contributed by atoms with E-state index in [9.17, 15) is 4.79 Å². The number of hydrogen-bond acceptors (Lipinski definition) is 5. The van der Waals surface area contributed by atoms with E-state index in [1.807, 2.05) is 25.1 Å². The van der Waals surface area contributed by atoms with Gasteiger partial charge in [0.15, 0.2) is 23.0 Å². The van der Waals surface area contributed by atoms with Crippen molar-refractivity contribution in [3.05, 3.63) is 48.0 Å². The molecule has 2 aromatic carbocycles. The highest BCUT2D eigenvalue weighted by Crippen LogP contribution is 2.34. The molecule has 0 fully saturated rings. The average Bonchev–Trinajstić information content (AvgIpc) is 3.09. The normalized spacial score (nSPS) is 12.2. The highest BCUT2D eigenvalue weighted by Gasteiger charge is 2.13. The molecule has 1 aliphatic rings. The smallest absolute Gasteiger partial charge is 0.248 e. The van der Waals surface area contributed by atoms with Crippen molar-refractivity contribution in [1.82, 2.24) is 0 Å². The summed E-state index contributed by atoms with van der Waals surface area (Å²) in [6.07, 6.45) is 3.17. The number of carbonyl (C=O) groups excluding carboxylic acids is 1. The molecule has 1 heterocycles. The van der Waals surface area contributed by atoms with Crippen molar-refractivity contribution < 1.29 is 23.7 Å². The van der Waals surface area contributed by atoms with Crippen LogP contribution in [0.2, 0.25) is 0 Å². The number of amides is 1. The molecule has 0 saturated heterocycles. The Morgan fingerprint density at radius 3 is 2.80 bits per heavy atom. The summed E-state index contributed by atoms with van der Waals surface area (Å²) in [7, 11) is 1.58. The monoisotopic (exact) mass is 341 g/mol. The Balaban J connectivity index is 1.66. The third-order valence-electron chi connectivity index (χ3n) is 3.55. The Kier molecular flexibility index (Phi) is 5.09. The number of rotatable bonds is 6. The van der Waals surface area contributed by atoms with Gasteiger partial charge < -0.3 is 24.3 Å². The molecule has 6 nitrogen and oxygen atoms in total. The van der Waals surface area contributed by atoms with Gasteiger partial charge in [-0.3, -0.25) is 4.79 Å². The number of carbonyl (C=O) groups is 1. The molecule has 0 spiro atoms. The fourth-order valence-electron chi connectivity index (χ4n) is 2.39. The first kappa shape index (κ1) is 16.7. The number of anilines is 1. The number of methoxy groups -OCH3 is 1. The second kappa shape index (κ2) is 7.61. The van der Waals surface area contributed by atoms with Crippen LogP contribution in [0, 0.1) is 0 Å².